The second-order valence-corrected chi connectivity index (χ2v) is 6.21. The van der Waals surface area contributed by atoms with E-state index in [-0.39, 0.29) is 18.0 Å². The SMILES string of the molecule is O=C(NCCn1nc(-n2cccn2)ccc1=O)c1ccc(I)cc1. The predicted molar refractivity (Wildman–Crippen MR) is 97.1 cm³/mol. The van der Waals surface area contributed by atoms with Gasteiger partial charge in [0.15, 0.2) is 5.82 Å². The average molecular weight is 435 g/mol. The zero-order valence-electron chi connectivity index (χ0n) is 12.6. The molecule has 0 aliphatic rings. The minimum atomic E-state index is -0.227. The molecule has 0 unspecified atom stereocenters. The first-order valence-electron chi connectivity index (χ1n) is 7.25. The molecule has 0 aliphatic carbocycles. The third-order valence-corrected chi connectivity index (χ3v) is 4.03. The van der Waals surface area contributed by atoms with Crippen LogP contribution in [0, 0.1) is 3.57 Å². The van der Waals surface area contributed by atoms with Crippen molar-refractivity contribution < 1.29 is 4.79 Å². The minimum absolute atomic E-state index is 0.178. The molecule has 1 amide bonds. The lowest BCUT2D eigenvalue weighted by Crippen LogP contribution is -2.32. The van der Waals surface area contributed by atoms with Gasteiger partial charge in [0.25, 0.3) is 11.5 Å². The molecule has 1 aromatic carbocycles. The van der Waals surface area contributed by atoms with E-state index < -0.39 is 0 Å². The lowest BCUT2D eigenvalue weighted by atomic mass is 10.2. The van der Waals surface area contributed by atoms with Crippen LogP contribution in [-0.2, 0) is 6.54 Å². The number of hydrogen-bond donors (Lipinski definition) is 1. The molecule has 8 heteroatoms. The van der Waals surface area contributed by atoms with E-state index in [1.54, 1.807) is 41.3 Å². The summed E-state index contributed by atoms with van der Waals surface area (Å²) in [5, 5.41) is 11.1. The summed E-state index contributed by atoms with van der Waals surface area (Å²) in [6, 6.07) is 12.1. The summed E-state index contributed by atoms with van der Waals surface area (Å²) in [5.74, 6) is 0.367. The fourth-order valence-electron chi connectivity index (χ4n) is 2.10. The monoisotopic (exact) mass is 435 g/mol. The van der Waals surface area contributed by atoms with Crippen LogP contribution >= 0.6 is 22.6 Å². The summed E-state index contributed by atoms with van der Waals surface area (Å²) in [7, 11) is 0. The molecule has 1 N–H and O–H groups in total. The average Bonchev–Trinajstić information content (AvgIpc) is 3.11. The van der Waals surface area contributed by atoms with Crippen molar-refractivity contribution in [3.63, 3.8) is 0 Å². The van der Waals surface area contributed by atoms with Crippen molar-refractivity contribution in [2.24, 2.45) is 0 Å². The van der Waals surface area contributed by atoms with Crippen LogP contribution in [0.4, 0.5) is 0 Å². The Kier molecular flexibility index (Phi) is 5.04. The molecule has 7 nitrogen and oxygen atoms in total. The number of carbonyl (C=O) groups excluding carboxylic acids is 1. The number of nitrogens with one attached hydrogen (secondary N) is 1. The third-order valence-electron chi connectivity index (χ3n) is 3.31. The van der Waals surface area contributed by atoms with Gasteiger partial charge in [-0.3, -0.25) is 9.59 Å². The highest BCUT2D eigenvalue weighted by Gasteiger charge is 2.06. The van der Waals surface area contributed by atoms with E-state index in [9.17, 15) is 9.59 Å². The Hall–Kier alpha value is -2.49. The Bertz CT molecular complexity index is 888. The second-order valence-electron chi connectivity index (χ2n) is 4.97. The number of halogens is 1. The quantitative estimate of drug-likeness (QED) is 0.616. The van der Waals surface area contributed by atoms with Gasteiger partial charge < -0.3 is 5.32 Å². The summed E-state index contributed by atoms with van der Waals surface area (Å²) in [6.07, 6.45) is 3.38. The maximum absolute atomic E-state index is 12.0. The zero-order valence-corrected chi connectivity index (χ0v) is 14.8. The minimum Gasteiger partial charge on any atom is -0.350 e. The number of carbonyl (C=O) groups is 1. The predicted octanol–water partition coefficient (Wildman–Crippen LogP) is 1.46. The fraction of sp³-hybridized carbons (Fsp3) is 0.125. The number of amides is 1. The zero-order chi connectivity index (χ0) is 16.9. The number of benzene rings is 1. The van der Waals surface area contributed by atoms with E-state index in [1.807, 2.05) is 12.1 Å². The molecule has 0 radical (unpaired) electrons. The normalized spacial score (nSPS) is 10.5. The second kappa shape index (κ2) is 7.39. The third kappa shape index (κ3) is 3.88. The van der Waals surface area contributed by atoms with Crippen LogP contribution in [0.15, 0.2) is 59.7 Å². The summed E-state index contributed by atoms with van der Waals surface area (Å²) in [6.45, 7) is 0.588. The fourth-order valence-corrected chi connectivity index (χ4v) is 2.46. The van der Waals surface area contributed by atoms with E-state index in [1.165, 1.54) is 10.7 Å². The van der Waals surface area contributed by atoms with Gasteiger partial charge in [-0.2, -0.15) is 5.10 Å². The molecule has 0 saturated heterocycles. The smallest absolute Gasteiger partial charge is 0.266 e. The van der Waals surface area contributed by atoms with Crippen molar-refractivity contribution in [2.75, 3.05) is 6.54 Å². The number of hydrogen-bond acceptors (Lipinski definition) is 4. The topological polar surface area (TPSA) is 81.8 Å². The van der Waals surface area contributed by atoms with Gasteiger partial charge in [-0.25, -0.2) is 9.36 Å². The highest BCUT2D eigenvalue weighted by Crippen LogP contribution is 2.06. The molecular weight excluding hydrogens is 421 g/mol. The lowest BCUT2D eigenvalue weighted by Gasteiger charge is -2.08. The standard InChI is InChI=1S/C16H14IN5O2/c17-13-4-2-12(3-5-13)16(24)18-9-11-22-15(23)7-6-14(20-22)21-10-1-8-19-21/h1-8,10H,9,11H2,(H,18,24). The molecule has 0 spiro atoms. The van der Waals surface area contributed by atoms with Crippen LogP contribution in [0.25, 0.3) is 5.82 Å². The first kappa shape index (κ1) is 16.4. The molecule has 0 aliphatic heterocycles. The lowest BCUT2D eigenvalue weighted by molar-refractivity contribution is 0.0951. The van der Waals surface area contributed by atoms with Gasteiger partial charge in [-0.05, 0) is 59.0 Å². The highest BCUT2D eigenvalue weighted by atomic mass is 127. The van der Waals surface area contributed by atoms with Crippen molar-refractivity contribution in [1.29, 1.82) is 0 Å². The highest BCUT2D eigenvalue weighted by molar-refractivity contribution is 14.1. The van der Waals surface area contributed by atoms with Crippen LogP contribution in [0.1, 0.15) is 10.4 Å². The molecule has 3 aromatic rings. The Morgan fingerprint density at radius 2 is 1.96 bits per heavy atom. The van der Waals surface area contributed by atoms with Crippen molar-refractivity contribution in [2.45, 2.75) is 6.54 Å². The number of rotatable bonds is 5. The molecule has 0 atom stereocenters. The van der Waals surface area contributed by atoms with Crippen LogP contribution in [0.2, 0.25) is 0 Å². The van der Waals surface area contributed by atoms with E-state index in [0.717, 1.165) is 3.57 Å². The molecule has 2 heterocycles. The van der Waals surface area contributed by atoms with Gasteiger partial charge in [0.05, 0.1) is 6.54 Å². The van der Waals surface area contributed by atoms with Crippen molar-refractivity contribution in [1.82, 2.24) is 24.9 Å². The van der Waals surface area contributed by atoms with E-state index in [0.29, 0.717) is 17.9 Å². The molecule has 3 rings (SSSR count). The first-order chi connectivity index (χ1) is 11.6. The summed E-state index contributed by atoms with van der Waals surface area (Å²) >= 11 is 2.18. The van der Waals surface area contributed by atoms with Gasteiger partial charge >= 0.3 is 0 Å². The van der Waals surface area contributed by atoms with Crippen LogP contribution in [-0.4, -0.2) is 32.0 Å². The van der Waals surface area contributed by atoms with Crippen molar-refractivity contribution >= 4 is 28.5 Å². The first-order valence-corrected chi connectivity index (χ1v) is 8.33. The van der Waals surface area contributed by atoms with Gasteiger partial charge in [-0.15, -0.1) is 5.10 Å². The van der Waals surface area contributed by atoms with Crippen LogP contribution < -0.4 is 10.9 Å². The molecular formula is C16H14IN5O2. The summed E-state index contributed by atoms with van der Waals surface area (Å²) in [5.41, 5.74) is 0.357. The number of aromatic nitrogens is 4. The van der Waals surface area contributed by atoms with Gasteiger partial charge in [0.2, 0.25) is 0 Å². The van der Waals surface area contributed by atoms with E-state index >= 15 is 0 Å². The maximum atomic E-state index is 12.0. The summed E-state index contributed by atoms with van der Waals surface area (Å²) < 4.78 is 3.95. The van der Waals surface area contributed by atoms with E-state index in [4.69, 9.17) is 0 Å². The Morgan fingerprint density at radius 1 is 1.17 bits per heavy atom. The Balaban J connectivity index is 1.64. The van der Waals surface area contributed by atoms with E-state index in [2.05, 4.69) is 38.1 Å². The molecule has 0 bridgehead atoms. The molecule has 24 heavy (non-hydrogen) atoms. The number of nitrogens with zero attached hydrogens (tertiary/aromatic N) is 4. The maximum Gasteiger partial charge on any atom is 0.266 e. The van der Waals surface area contributed by atoms with Gasteiger partial charge in [-0.1, -0.05) is 0 Å². The Morgan fingerprint density at radius 3 is 2.67 bits per heavy atom. The van der Waals surface area contributed by atoms with Gasteiger partial charge in [0, 0.05) is 34.1 Å². The Labute approximate surface area is 151 Å². The van der Waals surface area contributed by atoms with Crippen LogP contribution in [0.5, 0.6) is 0 Å². The molecule has 0 saturated carbocycles. The van der Waals surface area contributed by atoms with Crippen molar-refractivity contribution in [3.8, 4) is 5.82 Å². The van der Waals surface area contributed by atoms with Crippen LogP contribution in [0.3, 0.4) is 0 Å². The largest absolute Gasteiger partial charge is 0.350 e. The molecule has 0 fully saturated rings. The molecule has 122 valence electrons. The molecule has 2 aromatic heterocycles. The van der Waals surface area contributed by atoms with Gasteiger partial charge in [0.1, 0.15) is 0 Å². The summed E-state index contributed by atoms with van der Waals surface area (Å²) in [4.78, 5) is 23.9. The van der Waals surface area contributed by atoms with Crippen molar-refractivity contribution in [3.05, 3.63) is 74.3 Å².